The molecule has 2 rings (SSSR count). The first kappa shape index (κ1) is 8.83. The maximum Gasteiger partial charge on any atom is 0.175 e. The number of hydrogen-bond acceptors (Lipinski definition) is 4. The van der Waals surface area contributed by atoms with E-state index in [0.29, 0.717) is 12.4 Å². The lowest BCUT2D eigenvalue weighted by Gasteiger charge is -1.99. The lowest BCUT2D eigenvalue weighted by Crippen LogP contribution is -2.04. The normalized spacial score (nSPS) is 10.4. The topological polar surface area (TPSA) is 69.6 Å². The van der Waals surface area contributed by atoms with E-state index in [1.165, 1.54) is 0 Å². The zero-order valence-electron chi connectivity index (χ0n) is 7.88. The molecular weight excluding hydrogens is 178 g/mol. The van der Waals surface area contributed by atoms with Crippen molar-refractivity contribution in [2.45, 2.75) is 13.5 Å². The molecule has 0 atom stereocenters. The van der Waals surface area contributed by atoms with Crippen LogP contribution in [0.1, 0.15) is 11.3 Å². The van der Waals surface area contributed by atoms with Crippen LogP contribution in [0.5, 0.6) is 0 Å². The van der Waals surface area contributed by atoms with Gasteiger partial charge in [0.15, 0.2) is 5.82 Å². The lowest BCUT2D eigenvalue weighted by molar-refractivity contribution is 0.792. The molecule has 0 fully saturated rings. The molecule has 2 N–H and O–H groups in total. The Kier molecular flexibility index (Phi) is 2.24. The first-order valence-electron chi connectivity index (χ1n) is 4.34. The summed E-state index contributed by atoms with van der Waals surface area (Å²) in [4.78, 5) is 0. The van der Waals surface area contributed by atoms with Gasteiger partial charge in [0.25, 0.3) is 0 Å². The fourth-order valence-corrected chi connectivity index (χ4v) is 1.12. The standard InChI is InChI=1S/C9H11N5/c1-7-5-11-14(6-7)9-3-2-8(4-10)12-13-9/h2-3,5-6H,4,10H2,1H3. The van der Waals surface area contributed by atoms with E-state index in [2.05, 4.69) is 15.3 Å². The van der Waals surface area contributed by atoms with Crippen LogP contribution in [0.3, 0.4) is 0 Å². The van der Waals surface area contributed by atoms with Crippen LogP contribution in [0.15, 0.2) is 24.5 Å². The molecule has 0 aliphatic rings. The van der Waals surface area contributed by atoms with Gasteiger partial charge in [-0.1, -0.05) is 0 Å². The van der Waals surface area contributed by atoms with Crippen LogP contribution < -0.4 is 5.73 Å². The average molecular weight is 189 g/mol. The van der Waals surface area contributed by atoms with Crippen molar-refractivity contribution in [2.75, 3.05) is 0 Å². The monoisotopic (exact) mass is 189 g/mol. The molecule has 0 aliphatic heterocycles. The highest BCUT2D eigenvalue weighted by atomic mass is 15.3. The van der Waals surface area contributed by atoms with E-state index in [9.17, 15) is 0 Å². The van der Waals surface area contributed by atoms with Crippen LogP contribution >= 0.6 is 0 Å². The van der Waals surface area contributed by atoms with E-state index in [-0.39, 0.29) is 0 Å². The van der Waals surface area contributed by atoms with Gasteiger partial charge in [0, 0.05) is 12.7 Å². The third-order valence-electron chi connectivity index (χ3n) is 1.86. The Balaban J connectivity index is 2.33. The van der Waals surface area contributed by atoms with Crippen LogP contribution in [-0.4, -0.2) is 20.0 Å². The molecule has 0 spiro atoms. The summed E-state index contributed by atoms with van der Waals surface area (Å²) >= 11 is 0. The summed E-state index contributed by atoms with van der Waals surface area (Å²) in [6.45, 7) is 2.39. The van der Waals surface area contributed by atoms with Crippen molar-refractivity contribution in [2.24, 2.45) is 5.73 Å². The van der Waals surface area contributed by atoms with Gasteiger partial charge in [-0.05, 0) is 24.6 Å². The van der Waals surface area contributed by atoms with E-state index >= 15 is 0 Å². The van der Waals surface area contributed by atoms with Crippen molar-refractivity contribution >= 4 is 0 Å². The summed E-state index contributed by atoms with van der Waals surface area (Å²) in [7, 11) is 0. The zero-order valence-corrected chi connectivity index (χ0v) is 7.88. The van der Waals surface area contributed by atoms with Crippen molar-refractivity contribution in [3.05, 3.63) is 35.8 Å². The molecule has 2 aromatic rings. The van der Waals surface area contributed by atoms with Crippen molar-refractivity contribution in [1.82, 2.24) is 20.0 Å². The maximum absolute atomic E-state index is 5.42. The van der Waals surface area contributed by atoms with Gasteiger partial charge in [-0.15, -0.1) is 5.10 Å². The van der Waals surface area contributed by atoms with Gasteiger partial charge in [0.05, 0.1) is 11.9 Å². The van der Waals surface area contributed by atoms with Gasteiger partial charge in [-0.2, -0.15) is 10.2 Å². The minimum absolute atomic E-state index is 0.408. The van der Waals surface area contributed by atoms with Gasteiger partial charge in [0.2, 0.25) is 0 Å². The molecule has 5 nitrogen and oxygen atoms in total. The number of aryl methyl sites for hydroxylation is 1. The summed E-state index contributed by atoms with van der Waals surface area (Å²) in [5, 5.41) is 12.1. The maximum atomic E-state index is 5.42. The largest absolute Gasteiger partial charge is 0.325 e. The summed E-state index contributed by atoms with van der Waals surface area (Å²) < 4.78 is 1.68. The molecule has 5 heteroatoms. The summed E-state index contributed by atoms with van der Waals surface area (Å²) in [6, 6.07) is 3.70. The Hall–Kier alpha value is -1.75. The van der Waals surface area contributed by atoms with Crippen LogP contribution in [0, 0.1) is 6.92 Å². The zero-order chi connectivity index (χ0) is 9.97. The van der Waals surface area contributed by atoms with Gasteiger partial charge in [-0.25, -0.2) is 4.68 Å². The predicted molar refractivity (Wildman–Crippen MR) is 51.8 cm³/mol. The van der Waals surface area contributed by atoms with Crippen LogP contribution in [0.2, 0.25) is 0 Å². The van der Waals surface area contributed by atoms with E-state index in [0.717, 1.165) is 11.3 Å². The van der Waals surface area contributed by atoms with Crippen LogP contribution in [-0.2, 0) is 6.54 Å². The highest BCUT2D eigenvalue weighted by Crippen LogP contribution is 2.03. The highest BCUT2D eigenvalue weighted by molar-refractivity contribution is 5.21. The second-order valence-corrected chi connectivity index (χ2v) is 3.05. The van der Waals surface area contributed by atoms with Gasteiger partial charge >= 0.3 is 0 Å². The van der Waals surface area contributed by atoms with E-state index in [1.807, 2.05) is 25.3 Å². The van der Waals surface area contributed by atoms with Crippen LogP contribution in [0.25, 0.3) is 5.82 Å². The number of nitrogens with zero attached hydrogens (tertiary/aromatic N) is 4. The van der Waals surface area contributed by atoms with E-state index < -0.39 is 0 Å². The molecule has 14 heavy (non-hydrogen) atoms. The molecule has 0 unspecified atom stereocenters. The minimum atomic E-state index is 0.408. The van der Waals surface area contributed by atoms with Gasteiger partial charge < -0.3 is 5.73 Å². The molecular formula is C9H11N5. The number of nitrogens with two attached hydrogens (primary N) is 1. The van der Waals surface area contributed by atoms with Gasteiger partial charge in [0.1, 0.15) is 0 Å². The lowest BCUT2D eigenvalue weighted by atomic mass is 10.4. The van der Waals surface area contributed by atoms with Crippen molar-refractivity contribution in [3.63, 3.8) is 0 Å². The fraction of sp³-hybridized carbons (Fsp3) is 0.222. The quantitative estimate of drug-likeness (QED) is 0.743. The summed E-state index contributed by atoms with van der Waals surface area (Å²) in [6.07, 6.45) is 3.67. The molecule has 0 saturated carbocycles. The minimum Gasteiger partial charge on any atom is -0.325 e. The summed E-state index contributed by atoms with van der Waals surface area (Å²) in [5.41, 5.74) is 7.29. The SMILES string of the molecule is Cc1cnn(-c2ccc(CN)nn2)c1. The Morgan fingerprint density at radius 1 is 1.36 bits per heavy atom. The molecule has 72 valence electrons. The molecule has 0 aliphatic carbocycles. The van der Waals surface area contributed by atoms with Crippen molar-refractivity contribution in [3.8, 4) is 5.82 Å². The average Bonchev–Trinajstić information content (AvgIpc) is 2.65. The highest BCUT2D eigenvalue weighted by Gasteiger charge is 2.00. The third kappa shape index (κ3) is 1.62. The fourth-order valence-electron chi connectivity index (χ4n) is 1.12. The Morgan fingerprint density at radius 3 is 2.71 bits per heavy atom. The Bertz CT molecular complexity index is 417. The van der Waals surface area contributed by atoms with E-state index in [4.69, 9.17) is 5.73 Å². The van der Waals surface area contributed by atoms with E-state index in [1.54, 1.807) is 10.9 Å². The number of hydrogen-bond donors (Lipinski definition) is 1. The first-order valence-corrected chi connectivity index (χ1v) is 4.34. The number of rotatable bonds is 2. The van der Waals surface area contributed by atoms with Crippen molar-refractivity contribution < 1.29 is 0 Å². The Morgan fingerprint density at radius 2 is 2.21 bits per heavy atom. The smallest absolute Gasteiger partial charge is 0.175 e. The molecule has 0 amide bonds. The molecule has 0 aromatic carbocycles. The van der Waals surface area contributed by atoms with Crippen LogP contribution in [0.4, 0.5) is 0 Å². The molecule has 0 bridgehead atoms. The summed E-state index contributed by atoms with van der Waals surface area (Å²) in [5.74, 6) is 0.704. The predicted octanol–water partition coefficient (Wildman–Crippen LogP) is 0.429. The molecule has 2 aromatic heterocycles. The number of aromatic nitrogens is 4. The van der Waals surface area contributed by atoms with Crippen molar-refractivity contribution in [1.29, 1.82) is 0 Å². The second-order valence-electron chi connectivity index (χ2n) is 3.05. The second kappa shape index (κ2) is 3.55. The Labute approximate surface area is 81.6 Å². The molecule has 0 radical (unpaired) electrons. The van der Waals surface area contributed by atoms with Gasteiger partial charge in [-0.3, -0.25) is 0 Å². The third-order valence-corrected chi connectivity index (χ3v) is 1.86. The first-order chi connectivity index (χ1) is 6.79. The molecule has 2 heterocycles. The molecule has 0 saturated heterocycles.